The lowest BCUT2D eigenvalue weighted by Gasteiger charge is -2.12. The lowest BCUT2D eigenvalue weighted by Crippen LogP contribution is -2.27. The first kappa shape index (κ1) is 16.4. The van der Waals surface area contributed by atoms with Gasteiger partial charge < -0.3 is 10.6 Å². The number of nitrogens with zero attached hydrogens (tertiary/aromatic N) is 2. The molecule has 1 amide bonds. The van der Waals surface area contributed by atoms with E-state index in [1.807, 2.05) is 0 Å². The molecule has 1 saturated carbocycles. The third-order valence-electron chi connectivity index (χ3n) is 4.23. The monoisotopic (exact) mass is 328 g/mol. The van der Waals surface area contributed by atoms with Crippen molar-refractivity contribution in [1.29, 1.82) is 0 Å². The van der Waals surface area contributed by atoms with Gasteiger partial charge in [-0.05, 0) is 30.9 Å². The molecule has 2 N–H and O–H groups in total. The molecule has 0 spiro atoms. The lowest BCUT2D eigenvalue weighted by molar-refractivity contribution is 0.0948. The molecule has 3 rings (SSSR count). The molecule has 5 nitrogen and oxygen atoms in total. The molecular weight excluding hydrogens is 307 g/mol. The van der Waals surface area contributed by atoms with Crippen LogP contribution in [0.4, 0.5) is 10.2 Å². The number of amides is 1. The molecule has 1 aliphatic carbocycles. The molecule has 0 bridgehead atoms. The summed E-state index contributed by atoms with van der Waals surface area (Å²) < 4.78 is 13.5. The predicted molar refractivity (Wildman–Crippen MR) is 90.3 cm³/mol. The fourth-order valence-electron chi connectivity index (χ4n) is 2.90. The number of benzene rings is 1. The summed E-state index contributed by atoms with van der Waals surface area (Å²) in [5, 5.41) is 6.07. The van der Waals surface area contributed by atoms with Gasteiger partial charge in [-0.3, -0.25) is 4.79 Å². The maximum atomic E-state index is 13.5. The van der Waals surface area contributed by atoms with E-state index in [2.05, 4.69) is 20.6 Å². The quantitative estimate of drug-likeness (QED) is 0.855. The summed E-state index contributed by atoms with van der Waals surface area (Å²) in [6.07, 6.45) is 8.29. The Kier molecular flexibility index (Phi) is 5.36. The van der Waals surface area contributed by atoms with Gasteiger partial charge in [0.25, 0.3) is 5.91 Å². The Morgan fingerprint density at radius 1 is 1.17 bits per heavy atom. The molecule has 1 fully saturated rings. The highest BCUT2D eigenvalue weighted by Gasteiger charge is 2.15. The van der Waals surface area contributed by atoms with Crippen LogP contribution < -0.4 is 10.6 Å². The summed E-state index contributed by atoms with van der Waals surface area (Å²) in [4.78, 5) is 20.4. The van der Waals surface area contributed by atoms with Gasteiger partial charge in [-0.1, -0.05) is 31.0 Å². The number of halogens is 1. The van der Waals surface area contributed by atoms with Gasteiger partial charge in [-0.25, -0.2) is 14.4 Å². The molecule has 6 heteroatoms. The zero-order chi connectivity index (χ0) is 16.8. The Labute approximate surface area is 140 Å². The number of hydrogen-bond donors (Lipinski definition) is 2. The van der Waals surface area contributed by atoms with Crippen molar-refractivity contribution in [2.24, 2.45) is 0 Å². The molecule has 126 valence electrons. The highest BCUT2D eigenvalue weighted by atomic mass is 19.1. The van der Waals surface area contributed by atoms with Gasteiger partial charge in [0.1, 0.15) is 17.3 Å². The fourth-order valence-corrected chi connectivity index (χ4v) is 2.90. The molecule has 1 aromatic carbocycles. The molecule has 0 atom stereocenters. The van der Waals surface area contributed by atoms with Crippen molar-refractivity contribution in [3.8, 4) is 0 Å². The number of carbonyl (C=O) groups is 1. The van der Waals surface area contributed by atoms with Crippen LogP contribution in [0.2, 0.25) is 0 Å². The number of rotatable bonds is 6. The van der Waals surface area contributed by atoms with Crippen molar-refractivity contribution < 1.29 is 9.18 Å². The Hall–Kier alpha value is -2.50. The minimum atomic E-state index is -0.300. The number of aromatic nitrogens is 2. The molecular formula is C18H21FN4O. The normalized spacial score (nSPS) is 14.5. The summed E-state index contributed by atoms with van der Waals surface area (Å²) in [7, 11) is 0. The van der Waals surface area contributed by atoms with E-state index in [1.165, 1.54) is 25.1 Å². The second-order valence-corrected chi connectivity index (χ2v) is 6.01. The minimum absolute atomic E-state index is 0.256. The first-order chi connectivity index (χ1) is 11.7. The van der Waals surface area contributed by atoms with Crippen LogP contribution in [-0.2, 0) is 6.42 Å². The van der Waals surface area contributed by atoms with E-state index in [0.29, 0.717) is 30.4 Å². The average molecular weight is 328 g/mol. The topological polar surface area (TPSA) is 66.9 Å². The van der Waals surface area contributed by atoms with Crippen molar-refractivity contribution in [2.75, 3.05) is 11.9 Å². The van der Waals surface area contributed by atoms with E-state index < -0.39 is 0 Å². The molecule has 0 saturated heterocycles. The summed E-state index contributed by atoms with van der Waals surface area (Å²) in [6, 6.07) is 7.01. The van der Waals surface area contributed by atoms with Crippen molar-refractivity contribution in [3.63, 3.8) is 0 Å². The zero-order valence-electron chi connectivity index (χ0n) is 13.5. The number of hydrogen-bond acceptors (Lipinski definition) is 4. The van der Waals surface area contributed by atoms with E-state index in [0.717, 1.165) is 12.8 Å². The van der Waals surface area contributed by atoms with Crippen LogP contribution in [0, 0.1) is 5.82 Å². The third kappa shape index (κ3) is 4.28. The maximum absolute atomic E-state index is 13.5. The van der Waals surface area contributed by atoms with E-state index in [9.17, 15) is 9.18 Å². The zero-order valence-corrected chi connectivity index (χ0v) is 13.5. The Morgan fingerprint density at radius 2 is 1.96 bits per heavy atom. The number of carbonyl (C=O) groups excluding carboxylic acids is 1. The van der Waals surface area contributed by atoms with Gasteiger partial charge in [-0.15, -0.1) is 0 Å². The number of nitrogens with one attached hydrogen (secondary N) is 2. The molecule has 0 aliphatic heterocycles. The van der Waals surface area contributed by atoms with Crippen molar-refractivity contribution in [2.45, 2.75) is 38.1 Å². The largest absolute Gasteiger partial charge is 0.366 e. The van der Waals surface area contributed by atoms with Crippen LogP contribution in [0.15, 0.2) is 36.7 Å². The van der Waals surface area contributed by atoms with Crippen molar-refractivity contribution in [3.05, 3.63) is 53.7 Å². The first-order valence-corrected chi connectivity index (χ1v) is 8.32. The third-order valence-corrected chi connectivity index (χ3v) is 4.23. The van der Waals surface area contributed by atoms with Gasteiger partial charge in [-0.2, -0.15) is 0 Å². The Bertz CT molecular complexity index is 684. The van der Waals surface area contributed by atoms with E-state index >= 15 is 0 Å². The molecule has 2 aromatic rings. The molecule has 0 radical (unpaired) electrons. The highest BCUT2D eigenvalue weighted by Crippen LogP contribution is 2.20. The number of anilines is 1. The standard InChI is InChI=1S/C18H21FN4O/c19-15-8-4-1-5-13(15)9-10-20-18(24)16-11-22-17(12-21-16)23-14-6-2-3-7-14/h1,4-5,8,11-12,14H,2-3,6-7,9-10H2,(H,20,24)(H,22,23). The second kappa shape index (κ2) is 7.86. The second-order valence-electron chi connectivity index (χ2n) is 6.01. The van der Waals surface area contributed by atoms with Crippen LogP contribution in [0.5, 0.6) is 0 Å². The van der Waals surface area contributed by atoms with Crippen LogP contribution in [0.3, 0.4) is 0 Å². The molecule has 1 aromatic heterocycles. The highest BCUT2D eigenvalue weighted by molar-refractivity contribution is 5.91. The van der Waals surface area contributed by atoms with Crippen molar-refractivity contribution in [1.82, 2.24) is 15.3 Å². The van der Waals surface area contributed by atoms with Gasteiger partial charge in [0.05, 0.1) is 12.4 Å². The smallest absolute Gasteiger partial charge is 0.271 e. The Morgan fingerprint density at radius 3 is 2.67 bits per heavy atom. The van der Waals surface area contributed by atoms with Gasteiger partial charge >= 0.3 is 0 Å². The maximum Gasteiger partial charge on any atom is 0.271 e. The average Bonchev–Trinajstić information content (AvgIpc) is 3.10. The van der Waals surface area contributed by atoms with Crippen molar-refractivity contribution >= 4 is 11.7 Å². The van der Waals surface area contributed by atoms with Crippen LogP contribution >= 0.6 is 0 Å². The van der Waals surface area contributed by atoms with Crippen LogP contribution in [0.25, 0.3) is 0 Å². The van der Waals surface area contributed by atoms with Gasteiger partial charge in [0.2, 0.25) is 0 Å². The Balaban J connectivity index is 1.48. The molecule has 1 aliphatic rings. The van der Waals surface area contributed by atoms with E-state index in [4.69, 9.17) is 0 Å². The van der Waals surface area contributed by atoms with Gasteiger partial charge in [0, 0.05) is 12.6 Å². The predicted octanol–water partition coefficient (Wildman–Crippen LogP) is 2.94. The molecule has 0 unspecified atom stereocenters. The molecule has 24 heavy (non-hydrogen) atoms. The fraction of sp³-hybridized carbons (Fsp3) is 0.389. The summed E-state index contributed by atoms with van der Waals surface area (Å²) >= 11 is 0. The van der Waals surface area contributed by atoms with E-state index in [1.54, 1.807) is 24.4 Å². The van der Waals surface area contributed by atoms with Crippen LogP contribution in [0.1, 0.15) is 41.7 Å². The van der Waals surface area contributed by atoms with E-state index in [-0.39, 0.29) is 17.4 Å². The summed E-state index contributed by atoms with van der Waals surface area (Å²) in [6.45, 7) is 0.351. The molecule has 1 heterocycles. The summed E-state index contributed by atoms with van der Waals surface area (Å²) in [5.74, 6) is 0.143. The van der Waals surface area contributed by atoms with Gasteiger partial charge in [0.15, 0.2) is 0 Å². The lowest BCUT2D eigenvalue weighted by atomic mass is 10.1. The SMILES string of the molecule is O=C(NCCc1ccccc1F)c1cnc(NC2CCCC2)cn1. The summed E-state index contributed by atoms with van der Waals surface area (Å²) in [5.41, 5.74) is 0.848. The first-order valence-electron chi connectivity index (χ1n) is 8.32. The van der Waals surface area contributed by atoms with Crippen LogP contribution in [-0.4, -0.2) is 28.5 Å². The minimum Gasteiger partial charge on any atom is -0.366 e.